The van der Waals surface area contributed by atoms with E-state index in [2.05, 4.69) is 44.5 Å². The monoisotopic (exact) mass is 267 g/mol. The van der Waals surface area contributed by atoms with Crippen LogP contribution in [0.25, 0.3) is 0 Å². The lowest BCUT2D eigenvalue weighted by Crippen LogP contribution is -2.25. The number of nitrogens with zero attached hydrogens (tertiary/aromatic N) is 1. The minimum atomic E-state index is -1.69. The quantitative estimate of drug-likeness (QED) is 0.687. The summed E-state index contributed by atoms with van der Waals surface area (Å²) in [5.74, 6) is 1.13. The van der Waals surface area contributed by atoms with Gasteiger partial charge in [-0.2, -0.15) is 0 Å². The van der Waals surface area contributed by atoms with Crippen LogP contribution in [0, 0.1) is 11.8 Å². The Morgan fingerprint density at radius 1 is 1.00 bits per heavy atom. The average molecular weight is 267 g/mol. The lowest BCUT2D eigenvalue weighted by atomic mass is 10.2. The van der Waals surface area contributed by atoms with Crippen molar-refractivity contribution in [3.05, 3.63) is 35.9 Å². The van der Waals surface area contributed by atoms with Gasteiger partial charge in [0.1, 0.15) is 7.95 Å². The summed E-state index contributed by atoms with van der Waals surface area (Å²) in [5.41, 5.74) is 1.18. The van der Waals surface area contributed by atoms with Gasteiger partial charge in [0.15, 0.2) is 0 Å². The third kappa shape index (κ3) is 5.84. The van der Waals surface area contributed by atoms with Crippen LogP contribution < -0.4 is 0 Å². The highest BCUT2D eigenvalue weighted by molar-refractivity contribution is 7.41. The minimum absolute atomic E-state index is 0.563. The van der Waals surface area contributed by atoms with Gasteiger partial charge < -0.3 is 4.57 Å². The summed E-state index contributed by atoms with van der Waals surface area (Å²) in [7, 11) is -1.69. The van der Waals surface area contributed by atoms with E-state index >= 15 is 0 Å². The molecule has 0 saturated heterocycles. The molecule has 0 radical (unpaired) electrons. The molecule has 0 amide bonds. The standard InChI is InChI=1S/C15H26NOP/c1-13(2)10-16(11-14(3)4)18(17)12-15-8-6-5-7-9-15/h5-9,13-14,18H,10-12H2,1-4H3. The van der Waals surface area contributed by atoms with E-state index in [1.54, 1.807) is 0 Å². The van der Waals surface area contributed by atoms with Crippen LogP contribution in [-0.2, 0) is 10.7 Å². The number of rotatable bonds is 7. The summed E-state index contributed by atoms with van der Waals surface area (Å²) < 4.78 is 14.7. The fourth-order valence-corrected chi connectivity index (χ4v) is 3.99. The van der Waals surface area contributed by atoms with Gasteiger partial charge in [0, 0.05) is 19.3 Å². The lowest BCUT2D eigenvalue weighted by Gasteiger charge is -2.25. The second-order valence-electron chi connectivity index (χ2n) is 5.75. The van der Waals surface area contributed by atoms with Crippen molar-refractivity contribution < 1.29 is 4.57 Å². The third-order valence-corrected chi connectivity index (χ3v) is 4.50. The molecule has 1 aromatic rings. The van der Waals surface area contributed by atoms with E-state index in [1.165, 1.54) is 5.56 Å². The first-order chi connectivity index (χ1) is 8.49. The maximum Gasteiger partial charge on any atom is 0.143 e. The molecule has 3 heteroatoms. The van der Waals surface area contributed by atoms with Crippen LogP contribution in [0.4, 0.5) is 0 Å². The second kappa shape index (κ2) is 7.76. The first kappa shape index (κ1) is 15.5. The summed E-state index contributed by atoms with van der Waals surface area (Å²) >= 11 is 0. The molecular weight excluding hydrogens is 241 g/mol. The molecule has 1 rings (SSSR count). The predicted molar refractivity (Wildman–Crippen MR) is 80.4 cm³/mol. The fraction of sp³-hybridized carbons (Fsp3) is 0.600. The Morgan fingerprint density at radius 3 is 1.94 bits per heavy atom. The molecule has 0 heterocycles. The van der Waals surface area contributed by atoms with Gasteiger partial charge in [-0.1, -0.05) is 58.0 Å². The lowest BCUT2D eigenvalue weighted by molar-refractivity contribution is 0.340. The molecule has 1 atom stereocenters. The van der Waals surface area contributed by atoms with Gasteiger partial charge in [-0.05, 0) is 17.4 Å². The number of hydrogen-bond acceptors (Lipinski definition) is 1. The average Bonchev–Trinajstić information content (AvgIpc) is 2.28. The molecule has 0 aliphatic rings. The van der Waals surface area contributed by atoms with Gasteiger partial charge >= 0.3 is 0 Å². The zero-order valence-electron chi connectivity index (χ0n) is 12.0. The van der Waals surface area contributed by atoms with Crippen molar-refractivity contribution in [2.75, 3.05) is 13.1 Å². The highest BCUT2D eigenvalue weighted by Crippen LogP contribution is 2.33. The van der Waals surface area contributed by atoms with Crippen LogP contribution in [0.5, 0.6) is 0 Å². The number of benzene rings is 1. The Morgan fingerprint density at radius 2 is 1.50 bits per heavy atom. The van der Waals surface area contributed by atoms with Gasteiger partial charge in [-0.25, -0.2) is 0 Å². The molecule has 18 heavy (non-hydrogen) atoms. The first-order valence-corrected chi connectivity index (χ1v) is 8.37. The van der Waals surface area contributed by atoms with E-state index in [0.29, 0.717) is 18.0 Å². The molecule has 0 bridgehead atoms. The van der Waals surface area contributed by atoms with E-state index in [4.69, 9.17) is 0 Å². The van der Waals surface area contributed by atoms with Crippen LogP contribution in [0.3, 0.4) is 0 Å². The zero-order chi connectivity index (χ0) is 13.5. The Balaban J connectivity index is 2.64. The van der Waals surface area contributed by atoms with Gasteiger partial charge in [0.05, 0.1) is 0 Å². The first-order valence-electron chi connectivity index (χ1n) is 6.80. The molecule has 0 N–H and O–H groups in total. The molecule has 0 aliphatic carbocycles. The summed E-state index contributed by atoms with van der Waals surface area (Å²) in [6.07, 6.45) is 0.699. The number of hydrogen-bond donors (Lipinski definition) is 0. The molecule has 102 valence electrons. The van der Waals surface area contributed by atoms with Crippen LogP contribution >= 0.6 is 7.95 Å². The highest BCUT2D eigenvalue weighted by atomic mass is 31.1. The largest absolute Gasteiger partial charge is 0.310 e. The summed E-state index contributed by atoms with van der Waals surface area (Å²) in [5, 5.41) is 0. The topological polar surface area (TPSA) is 20.3 Å². The van der Waals surface area contributed by atoms with Gasteiger partial charge in [0.2, 0.25) is 0 Å². The molecule has 2 nitrogen and oxygen atoms in total. The van der Waals surface area contributed by atoms with Crippen molar-refractivity contribution in [1.29, 1.82) is 0 Å². The SMILES string of the molecule is CC(C)CN(CC(C)C)[PH](=O)Cc1ccccc1. The fourth-order valence-electron chi connectivity index (χ4n) is 2.04. The van der Waals surface area contributed by atoms with Gasteiger partial charge in [0.25, 0.3) is 0 Å². The van der Waals surface area contributed by atoms with Crippen molar-refractivity contribution in [3.63, 3.8) is 0 Å². The smallest absolute Gasteiger partial charge is 0.143 e. The summed E-state index contributed by atoms with van der Waals surface area (Å²) in [4.78, 5) is 0. The van der Waals surface area contributed by atoms with Gasteiger partial charge in [-0.15, -0.1) is 0 Å². The van der Waals surface area contributed by atoms with E-state index < -0.39 is 7.95 Å². The van der Waals surface area contributed by atoms with Crippen LogP contribution in [0.2, 0.25) is 0 Å². The van der Waals surface area contributed by atoms with Crippen molar-refractivity contribution >= 4 is 7.95 Å². The maximum atomic E-state index is 12.5. The van der Waals surface area contributed by atoms with Crippen LogP contribution in [0.15, 0.2) is 30.3 Å². The second-order valence-corrected chi connectivity index (χ2v) is 7.52. The highest BCUT2D eigenvalue weighted by Gasteiger charge is 2.15. The Kier molecular flexibility index (Phi) is 6.67. The molecule has 1 unspecified atom stereocenters. The van der Waals surface area contributed by atoms with Crippen LogP contribution in [-0.4, -0.2) is 17.8 Å². The van der Waals surface area contributed by atoms with E-state index in [0.717, 1.165) is 13.1 Å². The van der Waals surface area contributed by atoms with Gasteiger partial charge in [-0.3, -0.25) is 4.67 Å². The van der Waals surface area contributed by atoms with Crippen LogP contribution in [0.1, 0.15) is 33.3 Å². The summed E-state index contributed by atoms with van der Waals surface area (Å²) in [6, 6.07) is 10.1. The molecule has 0 aromatic heterocycles. The molecule has 0 fully saturated rings. The van der Waals surface area contributed by atoms with E-state index in [1.807, 2.05) is 18.2 Å². The molecule has 0 saturated carbocycles. The molecule has 0 spiro atoms. The van der Waals surface area contributed by atoms with E-state index in [-0.39, 0.29) is 0 Å². The van der Waals surface area contributed by atoms with E-state index in [9.17, 15) is 4.57 Å². The summed E-state index contributed by atoms with van der Waals surface area (Å²) in [6.45, 7) is 10.6. The molecule has 0 aliphatic heterocycles. The van der Waals surface area contributed by atoms with Crippen molar-refractivity contribution in [3.8, 4) is 0 Å². The Labute approximate surface area is 112 Å². The molecule has 1 aromatic carbocycles. The minimum Gasteiger partial charge on any atom is -0.310 e. The Hall–Kier alpha value is -0.590. The normalized spacial score (nSPS) is 13.5. The zero-order valence-corrected chi connectivity index (χ0v) is 13.0. The third-order valence-electron chi connectivity index (χ3n) is 2.72. The maximum absolute atomic E-state index is 12.5. The van der Waals surface area contributed by atoms with Crippen molar-refractivity contribution in [1.82, 2.24) is 4.67 Å². The molecular formula is C15H26NOP. The predicted octanol–water partition coefficient (Wildman–Crippen LogP) is 4.28. The Bertz CT molecular complexity index is 352. The van der Waals surface area contributed by atoms with Crippen molar-refractivity contribution in [2.45, 2.75) is 33.9 Å². The van der Waals surface area contributed by atoms with Crippen molar-refractivity contribution in [2.24, 2.45) is 11.8 Å².